The Morgan fingerprint density at radius 3 is 3.05 bits per heavy atom. The lowest BCUT2D eigenvalue weighted by Crippen LogP contribution is -2.24. The zero-order valence-corrected chi connectivity index (χ0v) is 14.2. The van der Waals surface area contributed by atoms with Gasteiger partial charge in [-0.1, -0.05) is 24.6 Å². The first-order chi connectivity index (χ1) is 10.2. The SMILES string of the molecule is CCCNC1CCCc2nc(-c3ccc(Cl)cc3C)sc21. The fourth-order valence-electron chi connectivity index (χ4n) is 2.92. The third kappa shape index (κ3) is 3.15. The number of hydrogen-bond donors (Lipinski definition) is 1. The van der Waals surface area contributed by atoms with Gasteiger partial charge in [0.05, 0.1) is 5.69 Å². The number of aromatic nitrogens is 1. The molecule has 1 aliphatic rings. The summed E-state index contributed by atoms with van der Waals surface area (Å²) in [6.45, 7) is 5.40. The largest absolute Gasteiger partial charge is 0.309 e. The van der Waals surface area contributed by atoms with Gasteiger partial charge in [0.15, 0.2) is 0 Å². The molecule has 1 heterocycles. The molecular weight excluding hydrogens is 300 g/mol. The van der Waals surface area contributed by atoms with Crippen molar-refractivity contribution in [2.24, 2.45) is 0 Å². The van der Waals surface area contributed by atoms with Crippen LogP contribution >= 0.6 is 22.9 Å². The molecule has 0 aliphatic heterocycles. The first-order valence-electron chi connectivity index (χ1n) is 7.68. The van der Waals surface area contributed by atoms with Gasteiger partial charge < -0.3 is 5.32 Å². The summed E-state index contributed by atoms with van der Waals surface area (Å²) in [4.78, 5) is 6.35. The van der Waals surface area contributed by atoms with Crippen molar-refractivity contribution >= 4 is 22.9 Å². The topological polar surface area (TPSA) is 24.9 Å². The number of rotatable bonds is 4. The quantitative estimate of drug-likeness (QED) is 0.842. The monoisotopic (exact) mass is 320 g/mol. The average molecular weight is 321 g/mol. The Labute approximate surface area is 135 Å². The number of fused-ring (bicyclic) bond motifs is 1. The summed E-state index contributed by atoms with van der Waals surface area (Å²) in [6, 6.07) is 6.56. The highest BCUT2D eigenvalue weighted by Crippen LogP contribution is 2.39. The molecule has 1 atom stereocenters. The maximum absolute atomic E-state index is 6.06. The molecule has 1 aromatic heterocycles. The summed E-state index contributed by atoms with van der Waals surface area (Å²) in [7, 11) is 0. The van der Waals surface area contributed by atoms with Crippen LogP contribution in [0.3, 0.4) is 0 Å². The van der Waals surface area contributed by atoms with Crippen LogP contribution in [0, 0.1) is 6.92 Å². The lowest BCUT2D eigenvalue weighted by Gasteiger charge is -2.22. The summed E-state index contributed by atoms with van der Waals surface area (Å²) in [6.07, 6.45) is 4.75. The van der Waals surface area contributed by atoms with Crippen molar-refractivity contribution in [3.63, 3.8) is 0 Å². The fourth-order valence-corrected chi connectivity index (χ4v) is 4.45. The van der Waals surface area contributed by atoms with Crippen LogP contribution in [-0.4, -0.2) is 11.5 Å². The van der Waals surface area contributed by atoms with Crippen LogP contribution in [-0.2, 0) is 6.42 Å². The lowest BCUT2D eigenvalue weighted by atomic mass is 9.98. The van der Waals surface area contributed by atoms with Crippen LogP contribution < -0.4 is 5.32 Å². The summed E-state index contributed by atoms with van der Waals surface area (Å²) < 4.78 is 0. The lowest BCUT2D eigenvalue weighted by molar-refractivity contribution is 0.465. The van der Waals surface area contributed by atoms with Crippen molar-refractivity contribution in [2.45, 2.75) is 45.6 Å². The van der Waals surface area contributed by atoms with Gasteiger partial charge in [-0.05, 0) is 56.8 Å². The average Bonchev–Trinajstić information content (AvgIpc) is 2.89. The molecule has 0 spiro atoms. The summed E-state index contributed by atoms with van der Waals surface area (Å²) in [5.41, 5.74) is 3.71. The van der Waals surface area contributed by atoms with E-state index in [4.69, 9.17) is 16.6 Å². The molecule has 1 N–H and O–H groups in total. The Morgan fingerprint density at radius 1 is 1.43 bits per heavy atom. The maximum Gasteiger partial charge on any atom is 0.124 e. The molecule has 1 aromatic carbocycles. The molecule has 0 radical (unpaired) electrons. The molecule has 0 saturated heterocycles. The predicted octanol–water partition coefficient (Wildman–Crippen LogP) is 5.15. The van der Waals surface area contributed by atoms with Crippen molar-refractivity contribution in [1.29, 1.82) is 0 Å². The van der Waals surface area contributed by atoms with Gasteiger partial charge in [0.25, 0.3) is 0 Å². The molecule has 0 fully saturated rings. The molecule has 21 heavy (non-hydrogen) atoms. The summed E-state index contributed by atoms with van der Waals surface area (Å²) in [5, 5.41) is 5.60. The minimum Gasteiger partial charge on any atom is -0.309 e. The van der Waals surface area contributed by atoms with Crippen LogP contribution in [0.15, 0.2) is 18.2 Å². The van der Waals surface area contributed by atoms with Gasteiger partial charge in [-0.15, -0.1) is 11.3 Å². The highest BCUT2D eigenvalue weighted by atomic mass is 35.5. The first kappa shape index (κ1) is 15.0. The third-order valence-corrected chi connectivity index (χ3v) is 5.49. The van der Waals surface area contributed by atoms with Crippen LogP contribution in [0.1, 0.15) is 48.4 Å². The minimum absolute atomic E-state index is 0.493. The van der Waals surface area contributed by atoms with Gasteiger partial charge in [-0.2, -0.15) is 0 Å². The highest BCUT2D eigenvalue weighted by Gasteiger charge is 2.24. The van der Waals surface area contributed by atoms with Gasteiger partial charge >= 0.3 is 0 Å². The minimum atomic E-state index is 0.493. The molecule has 3 rings (SSSR count). The van der Waals surface area contributed by atoms with Crippen LogP contribution in [0.5, 0.6) is 0 Å². The highest BCUT2D eigenvalue weighted by molar-refractivity contribution is 7.15. The van der Waals surface area contributed by atoms with E-state index < -0.39 is 0 Å². The van der Waals surface area contributed by atoms with Crippen molar-refractivity contribution < 1.29 is 0 Å². The molecule has 2 aromatic rings. The van der Waals surface area contributed by atoms with Crippen molar-refractivity contribution in [1.82, 2.24) is 10.3 Å². The van der Waals surface area contributed by atoms with Crippen molar-refractivity contribution in [3.05, 3.63) is 39.4 Å². The Kier molecular flexibility index (Phi) is 4.63. The van der Waals surface area contributed by atoms with Gasteiger partial charge in [0.1, 0.15) is 5.01 Å². The number of thiazole rings is 1. The maximum atomic E-state index is 6.06. The molecule has 0 saturated carbocycles. The summed E-state index contributed by atoms with van der Waals surface area (Å²) in [5.74, 6) is 0. The van der Waals surface area contributed by atoms with E-state index in [1.807, 2.05) is 23.5 Å². The first-order valence-corrected chi connectivity index (χ1v) is 8.88. The third-order valence-electron chi connectivity index (χ3n) is 4.01. The molecular formula is C17H21ClN2S. The predicted molar refractivity (Wildman–Crippen MR) is 91.3 cm³/mol. The van der Waals surface area contributed by atoms with E-state index in [9.17, 15) is 0 Å². The Balaban J connectivity index is 1.94. The van der Waals surface area contributed by atoms with Gasteiger partial charge in [-0.3, -0.25) is 0 Å². The number of hydrogen-bond acceptors (Lipinski definition) is 3. The van der Waals surface area contributed by atoms with Crippen LogP contribution in [0.4, 0.5) is 0 Å². The van der Waals surface area contributed by atoms with Crippen molar-refractivity contribution in [3.8, 4) is 10.6 Å². The van der Waals surface area contributed by atoms with Gasteiger partial charge in [0, 0.05) is 21.5 Å². The normalized spacial score (nSPS) is 17.8. The smallest absolute Gasteiger partial charge is 0.124 e. The molecule has 112 valence electrons. The Bertz CT molecular complexity index is 636. The number of halogens is 1. The van der Waals surface area contributed by atoms with Crippen molar-refractivity contribution in [2.75, 3.05) is 6.54 Å². The van der Waals surface area contributed by atoms with E-state index in [0.717, 1.165) is 23.0 Å². The van der Waals surface area contributed by atoms with E-state index in [0.29, 0.717) is 6.04 Å². The standard InChI is InChI=1S/C17H21ClN2S/c1-3-9-19-14-5-4-6-15-16(14)21-17(20-15)13-8-7-12(18)10-11(13)2/h7-8,10,14,19H,3-6,9H2,1-2H3. The Hall–Kier alpha value is -0.900. The van der Waals surface area contributed by atoms with Crippen LogP contribution in [0.2, 0.25) is 5.02 Å². The van der Waals surface area contributed by atoms with E-state index >= 15 is 0 Å². The Morgan fingerprint density at radius 2 is 2.29 bits per heavy atom. The number of nitrogens with zero attached hydrogens (tertiary/aromatic N) is 1. The summed E-state index contributed by atoms with van der Waals surface area (Å²) >= 11 is 7.91. The van der Waals surface area contributed by atoms with E-state index in [-0.39, 0.29) is 0 Å². The number of nitrogens with one attached hydrogen (secondary N) is 1. The molecule has 0 amide bonds. The number of benzene rings is 1. The van der Waals surface area contributed by atoms with E-state index in [1.165, 1.54) is 41.0 Å². The molecule has 1 aliphatic carbocycles. The van der Waals surface area contributed by atoms with Crippen LogP contribution in [0.25, 0.3) is 10.6 Å². The van der Waals surface area contributed by atoms with Gasteiger partial charge in [0.2, 0.25) is 0 Å². The second kappa shape index (κ2) is 6.47. The van der Waals surface area contributed by atoms with E-state index in [2.05, 4.69) is 25.2 Å². The molecule has 0 bridgehead atoms. The molecule has 1 unspecified atom stereocenters. The van der Waals surface area contributed by atoms with Gasteiger partial charge in [-0.25, -0.2) is 4.98 Å². The second-order valence-electron chi connectivity index (χ2n) is 5.69. The molecule has 2 nitrogen and oxygen atoms in total. The fraction of sp³-hybridized carbons (Fsp3) is 0.471. The molecule has 4 heteroatoms. The zero-order chi connectivity index (χ0) is 14.8. The zero-order valence-electron chi connectivity index (χ0n) is 12.6. The number of aryl methyl sites for hydroxylation is 2. The van der Waals surface area contributed by atoms with E-state index in [1.54, 1.807) is 0 Å². The second-order valence-corrected chi connectivity index (χ2v) is 7.16.